The SMILES string of the molecule is COCCN(c1cccc(F)c1C(C)O)C(C)C1CC1. The third-order valence-electron chi connectivity index (χ3n) is 4.09. The monoisotopic (exact) mass is 281 g/mol. The number of aliphatic hydroxyl groups is 1. The predicted octanol–water partition coefficient (Wildman–Crippen LogP) is 3.13. The topological polar surface area (TPSA) is 32.7 Å². The van der Waals surface area contributed by atoms with Crippen molar-refractivity contribution in [3.8, 4) is 0 Å². The van der Waals surface area contributed by atoms with Crippen LogP contribution in [0.4, 0.5) is 10.1 Å². The number of benzene rings is 1. The second-order valence-corrected chi connectivity index (χ2v) is 5.61. The molecule has 1 aliphatic carbocycles. The Morgan fingerprint density at radius 1 is 1.40 bits per heavy atom. The van der Waals surface area contributed by atoms with E-state index in [0.29, 0.717) is 30.7 Å². The molecule has 1 aliphatic rings. The number of hydrogen-bond donors (Lipinski definition) is 1. The third kappa shape index (κ3) is 3.30. The van der Waals surface area contributed by atoms with E-state index in [2.05, 4.69) is 11.8 Å². The summed E-state index contributed by atoms with van der Waals surface area (Å²) in [6.07, 6.45) is 1.64. The Balaban J connectivity index is 2.34. The second-order valence-electron chi connectivity index (χ2n) is 5.61. The van der Waals surface area contributed by atoms with Gasteiger partial charge in [0.25, 0.3) is 0 Å². The highest BCUT2D eigenvalue weighted by atomic mass is 19.1. The zero-order valence-electron chi connectivity index (χ0n) is 12.5. The fourth-order valence-electron chi connectivity index (χ4n) is 2.76. The van der Waals surface area contributed by atoms with Crippen LogP contribution < -0.4 is 4.90 Å². The highest BCUT2D eigenvalue weighted by Gasteiger charge is 2.33. The first-order valence-electron chi connectivity index (χ1n) is 7.28. The molecular formula is C16H24FNO2. The number of rotatable bonds is 7. The number of ether oxygens (including phenoxy) is 1. The van der Waals surface area contributed by atoms with Crippen molar-refractivity contribution in [3.63, 3.8) is 0 Å². The van der Waals surface area contributed by atoms with Crippen molar-refractivity contribution in [2.24, 2.45) is 5.92 Å². The van der Waals surface area contributed by atoms with Crippen LogP contribution in [0, 0.1) is 11.7 Å². The summed E-state index contributed by atoms with van der Waals surface area (Å²) in [4.78, 5) is 2.17. The van der Waals surface area contributed by atoms with E-state index in [4.69, 9.17) is 4.74 Å². The van der Waals surface area contributed by atoms with Crippen LogP contribution in [0.3, 0.4) is 0 Å². The van der Waals surface area contributed by atoms with Crippen LogP contribution >= 0.6 is 0 Å². The van der Waals surface area contributed by atoms with Crippen LogP contribution in [-0.4, -0.2) is 31.4 Å². The molecule has 2 atom stereocenters. The first-order chi connectivity index (χ1) is 9.56. The molecule has 2 unspecified atom stereocenters. The van der Waals surface area contributed by atoms with Crippen LogP contribution in [-0.2, 0) is 4.74 Å². The Morgan fingerprint density at radius 2 is 2.10 bits per heavy atom. The third-order valence-corrected chi connectivity index (χ3v) is 4.09. The minimum atomic E-state index is -0.817. The fourth-order valence-corrected chi connectivity index (χ4v) is 2.76. The summed E-state index contributed by atoms with van der Waals surface area (Å²) < 4.78 is 19.2. The maximum Gasteiger partial charge on any atom is 0.131 e. The number of halogens is 1. The quantitative estimate of drug-likeness (QED) is 0.833. The largest absolute Gasteiger partial charge is 0.389 e. The summed E-state index contributed by atoms with van der Waals surface area (Å²) >= 11 is 0. The normalized spacial score (nSPS) is 17.9. The van der Waals surface area contributed by atoms with E-state index < -0.39 is 6.10 Å². The summed E-state index contributed by atoms with van der Waals surface area (Å²) in [6, 6.07) is 5.33. The van der Waals surface area contributed by atoms with Gasteiger partial charge in [-0.05, 0) is 44.7 Å². The van der Waals surface area contributed by atoms with Gasteiger partial charge >= 0.3 is 0 Å². The van der Waals surface area contributed by atoms with Crippen molar-refractivity contribution in [1.82, 2.24) is 0 Å². The summed E-state index contributed by atoms with van der Waals surface area (Å²) in [6.45, 7) is 5.08. The fraction of sp³-hybridized carbons (Fsp3) is 0.625. The van der Waals surface area contributed by atoms with Gasteiger partial charge in [-0.1, -0.05) is 6.07 Å². The molecule has 20 heavy (non-hydrogen) atoms. The Morgan fingerprint density at radius 3 is 2.65 bits per heavy atom. The van der Waals surface area contributed by atoms with Crippen molar-refractivity contribution in [3.05, 3.63) is 29.6 Å². The Bertz CT molecular complexity index is 446. The molecule has 0 heterocycles. The van der Waals surface area contributed by atoms with Gasteiger partial charge in [0, 0.05) is 30.9 Å². The van der Waals surface area contributed by atoms with Crippen LogP contribution in [0.5, 0.6) is 0 Å². The standard InChI is InChI=1S/C16H24FNO2/c1-11(13-7-8-13)18(9-10-20-3)15-6-4-5-14(17)16(15)12(2)19/h4-6,11-13,19H,7-10H2,1-3H3. The summed E-state index contributed by atoms with van der Waals surface area (Å²) in [5, 5.41) is 9.90. The van der Waals surface area contributed by atoms with Gasteiger partial charge < -0.3 is 14.7 Å². The van der Waals surface area contributed by atoms with Crippen LogP contribution in [0.2, 0.25) is 0 Å². The summed E-state index contributed by atoms with van der Waals surface area (Å²) in [5.74, 6) is 0.319. The molecule has 0 aliphatic heterocycles. The van der Waals surface area contributed by atoms with E-state index in [1.807, 2.05) is 6.07 Å². The van der Waals surface area contributed by atoms with Crippen molar-refractivity contribution in [2.75, 3.05) is 25.2 Å². The van der Waals surface area contributed by atoms with Crippen molar-refractivity contribution in [2.45, 2.75) is 38.8 Å². The summed E-state index contributed by atoms with van der Waals surface area (Å²) in [5.41, 5.74) is 1.17. The molecule has 1 saturated carbocycles. The lowest BCUT2D eigenvalue weighted by molar-refractivity contribution is 0.192. The second kappa shape index (κ2) is 6.55. The molecule has 0 saturated heterocycles. The first kappa shape index (κ1) is 15.3. The average Bonchev–Trinajstić information content (AvgIpc) is 3.22. The highest BCUT2D eigenvalue weighted by Crippen LogP contribution is 2.39. The van der Waals surface area contributed by atoms with E-state index >= 15 is 0 Å². The number of hydrogen-bond acceptors (Lipinski definition) is 3. The predicted molar refractivity (Wildman–Crippen MR) is 78.4 cm³/mol. The van der Waals surface area contributed by atoms with Crippen LogP contribution in [0.25, 0.3) is 0 Å². The van der Waals surface area contributed by atoms with Gasteiger partial charge in [0.05, 0.1) is 12.7 Å². The van der Waals surface area contributed by atoms with E-state index in [1.54, 1.807) is 20.1 Å². The van der Waals surface area contributed by atoms with Gasteiger partial charge in [-0.25, -0.2) is 4.39 Å². The molecule has 0 amide bonds. The molecule has 1 aromatic rings. The molecule has 3 nitrogen and oxygen atoms in total. The number of anilines is 1. The Hall–Kier alpha value is -1.13. The lowest BCUT2D eigenvalue weighted by Crippen LogP contribution is -2.38. The van der Waals surface area contributed by atoms with Crippen molar-refractivity contribution in [1.29, 1.82) is 0 Å². The smallest absolute Gasteiger partial charge is 0.131 e. The van der Waals surface area contributed by atoms with E-state index in [1.165, 1.54) is 18.9 Å². The minimum Gasteiger partial charge on any atom is -0.389 e. The average molecular weight is 281 g/mol. The zero-order chi connectivity index (χ0) is 14.7. The van der Waals surface area contributed by atoms with E-state index in [-0.39, 0.29) is 5.82 Å². The Kier molecular flexibility index (Phi) is 5.00. The molecule has 0 aromatic heterocycles. The number of aliphatic hydroxyl groups excluding tert-OH is 1. The Labute approximate surface area is 120 Å². The molecule has 2 rings (SSSR count). The first-order valence-corrected chi connectivity index (χ1v) is 7.28. The zero-order valence-corrected chi connectivity index (χ0v) is 12.5. The minimum absolute atomic E-state index is 0.337. The highest BCUT2D eigenvalue weighted by molar-refractivity contribution is 5.56. The van der Waals surface area contributed by atoms with Gasteiger partial charge in [-0.15, -0.1) is 0 Å². The number of methoxy groups -OCH3 is 1. The van der Waals surface area contributed by atoms with Gasteiger partial charge in [-0.3, -0.25) is 0 Å². The van der Waals surface area contributed by atoms with Gasteiger partial charge in [0.2, 0.25) is 0 Å². The molecule has 1 aromatic carbocycles. The van der Waals surface area contributed by atoms with E-state index in [0.717, 1.165) is 5.69 Å². The molecule has 0 spiro atoms. The lowest BCUT2D eigenvalue weighted by atomic mass is 10.0. The molecule has 0 bridgehead atoms. The molecule has 112 valence electrons. The van der Waals surface area contributed by atoms with E-state index in [9.17, 15) is 9.50 Å². The molecule has 1 N–H and O–H groups in total. The molecular weight excluding hydrogens is 257 g/mol. The molecule has 1 fully saturated rings. The molecule has 0 radical (unpaired) electrons. The lowest BCUT2D eigenvalue weighted by Gasteiger charge is -2.33. The van der Waals surface area contributed by atoms with Crippen LogP contribution in [0.1, 0.15) is 38.4 Å². The van der Waals surface area contributed by atoms with Crippen LogP contribution in [0.15, 0.2) is 18.2 Å². The number of nitrogens with zero attached hydrogens (tertiary/aromatic N) is 1. The van der Waals surface area contributed by atoms with Gasteiger partial charge in [0.1, 0.15) is 5.82 Å². The van der Waals surface area contributed by atoms with Crippen molar-refractivity contribution < 1.29 is 14.2 Å². The van der Waals surface area contributed by atoms with Crippen molar-refractivity contribution >= 4 is 5.69 Å². The van der Waals surface area contributed by atoms with Gasteiger partial charge in [-0.2, -0.15) is 0 Å². The maximum absolute atomic E-state index is 14.0. The maximum atomic E-state index is 14.0. The van der Waals surface area contributed by atoms with Gasteiger partial charge in [0.15, 0.2) is 0 Å². The molecule has 4 heteroatoms. The summed E-state index contributed by atoms with van der Waals surface area (Å²) in [7, 11) is 1.67.